The molecule has 0 aromatic rings. The van der Waals surface area contributed by atoms with Gasteiger partial charge in [-0.25, -0.2) is 0 Å². The summed E-state index contributed by atoms with van der Waals surface area (Å²) >= 11 is 0. The van der Waals surface area contributed by atoms with Crippen LogP contribution in [0.4, 0.5) is 0 Å². The molecule has 0 bridgehead atoms. The monoisotopic (exact) mass is 416 g/mol. The van der Waals surface area contributed by atoms with Gasteiger partial charge in [-0.05, 0) is 105 Å². The molecule has 0 spiro atoms. The number of hydrogen-bond acceptors (Lipinski definition) is 2. The zero-order valence-electron chi connectivity index (χ0n) is 20.7. The third-order valence-corrected chi connectivity index (χ3v) is 11.4. The first-order valence-electron chi connectivity index (χ1n) is 13.3. The third-order valence-electron chi connectivity index (χ3n) is 11.4. The molecule has 2 nitrogen and oxygen atoms in total. The second-order valence-electron chi connectivity index (χ2n) is 13.1. The fourth-order valence-electron chi connectivity index (χ4n) is 9.33. The number of fused-ring (bicyclic) bond motifs is 5. The Hall–Kier alpha value is -0.370. The second kappa shape index (κ2) is 7.89. The molecule has 0 saturated heterocycles. The van der Waals surface area contributed by atoms with E-state index in [1.807, 2.05) is 13.8 Å². The van der Waals surface area contributed by atoms with E-state index >= 15 is 0 Å². The van der Waals surface area contributed by atoms with E-state index in [0.29, 0.717) is 17.8 Å². The van der Waals surface area contributed by atoms with Gasteiger partial charge in [-0.1, -0.05) is 47.5 Å². The molecule has 0 aromatic heterocycles. The number of ketones is 1. The molecule has 2 heteroatoms. The summed E-state index contributed by atoms with van der Waals surface area (Å²) in [6.45, 7) is 13.4. The van der Waals surface area contributed by atoms with Gasteiger partial charge in [0.25, 0.3) is 0 Å². The van der Waals surface area contributed by atoms with Gasteiger partial charge in [0.05, 0.1) is 5.60 Å². The molecule has 4 rings (SSSR count). The highest BCUT2D eigenvalue weighted by molar-refractivity contribution is 5.81. The Kier molecular flexibility index (Phi) is 6.00. The smallest absolute Gasteiger partial charge is 0.138 e. The van der Waals surface area contributed by atoms with Crippen molar-refractivity contribution in [3.8, 4) is 0 Å². The van der Waals surface area contributed by atoms with Gasteiger partial charge in [0.2, 0.25) is 0 Å². The van der Waals surface area contributed by atoms with Crippen molar-refractivity contribution in [2.75, 3.05) is 0 Å². The van der Waals surface area contributed by atoms with Crippen molar-refractivity contribution in [1.29, 1.82) is 0 Å². The van der Waals surface area contributed by atoms with Crippen molar-refractivity contribution in [3.05, 3.63) is 0 Å². The van der Waals surface area contributed by atoms with Crippen LogP contribution in [0, 0.1) is 52.3 Å². The summed E-state index contributed by atoms with van der Waals surface area (Å²) in [5, 5.41) is 11.6. The first-order chi connectivity index (χ1) is 14.0. The van der Waals surface area contributed by atoms with Crippen LogP contribution in [0.3, 0.4) is 0 Å². The Morgan fingerprint density at radius 1 is 0.933 bits per heavy atom. The summed E-state index contributed by atoms with van der Waals surface area (Å²) in [6.07, 6.45) is 14.0. The van der Waals surface area contributed by atoms with Gasteiger partial charge >= 0.3 is 0 Å². The molecule has 2 unspecified atom stereocenters. The van der Waals surface area contributed by atoms with Crippen molar-refractivity contribution < 1.29 is 9.90 Å². The Labute approximate surface area is 186 Å². The van der Waals surface area contributed by atoms with E-state index in [1.54, 1.807) is 0 Å². The average molecular weight is 417 g/mol. The van der Waals surface area contributed by atoms with Crippen LogP contribution in [0.2, 0.25) is 0 Å². The Morgan fingerprint density at radius 2 is 1.63 bits per heavy atom. The molecule has 4 saturated carbocycles. The first kappa shape index (κ1) is 22.8. The third kappa shape index (κ3) is 3.52. The molecule has 30 heavy (non-hydrogen) atoms. The maximum Gasteiger partial charge on any atom is 0.138 e. The van der Waals surface area contributed by atoms with Gasteiger partial charge in [0.15, 0.2) is 0 Å². The molecule has 0 radical (unpaired) electrons. The van der Waals surface area contributed by atoms with Gasteiger partial charge < -0.3 is 5.11 Å². The number of carbonyl (C=O) groups excluding carboxylic acids is 1. The number of Topliss-reactive ketones (excluding diaryl/α,β-unsaturated/α-hetero) is 1. The number of hydrogen-bond donors (Lipinski definition) is 1. The predicted octanol–water partition coefficient (Wildman–Crippen LogP) is 7.04. The quantitative estimate of drug-likeness (QED) is 0.522. The SMILES string of the molecule is CC(C)C(C)C(=O)C[C@](C)(O)[C@H]1CC[C@H]2[C@@H]3CCC4CCCC[C@]4(C)[C@H]3CC[C@@]21C. The largest absolute Gasteiger partial charge is 0.389 e. The fraction of sp³-hybridized carbons (Fsp3) is 0.964. The molecule has 0 heterocycles. The van der Waals surface area contributed by atoms with Crippen molar-refractivity contribution >= 4 is 5.78 Å². The molecule has 4 aliphatic rings. The van der Waals surface area contributed by atoms with Crippen molar-refractivity contribution in [2.24, 2.45) is 52.3 Å². The minimum absolute atomic E-state index is 0.0405. The fourth-order valence-corrected chi connectivity index (χ4v) is 9.33. The van der Waals surface area contributed by atoms with Crippen molar-refractivity contribution in [3.63, 3.8) is 0 Å². The summed E-state index contributed by atoms with van der Waals surface area (Å²) < 4.78 is 0. The lowest BCUT2D eigenvalue weighted by atomic mass is 9.44. The molecule has 4 fully saturated rings. The van der Waals surface area contributed by atoms with E-state index in [-0.39, 0.29) is 23.0 Å². The molecule has 1 N–H and O–H groups in total. The first-order valence-corrected chi connectivity index (χ1v) is 13.3. The van der Waals surface area contributed by atoms with Crippen LogP contribution in [0.5, 0.6) is 0 Å². The lowest BCUT2D eigenvalue weighted by molar-refractivity contribution is -0.145. The van der Waals surface area contributed by atoms with E-state index < -0.39 is 5.60 Å². The summed E-state index contributed by atoms with van der Waals surface area (Å²) in [6, 6.07) is 0. The molecule has 0 aromatic carbocycles. The molecular formula is C28H48O2. The highest BCUT2D eigenvalue weighted by atomic mass is 16.3. The van der Waals surface area contributed by atoms with Crippen LogP contribution in [0.1, 0.15) is 112 Å². The Bertz CT molecular complexity index is 651. The van der Waals surface area contributed by atoms with Gasteiger partial charge in [0.1, 0.15) is 5.78 Å². The topological polar surface area (TPSA) is 37.3 Å². The zero-order chi connectivity index (χ0) is 21.9. The van der Waals surface area contributed by atoms with Crippen LogP contribution in [0.25, 0.3) is 0 Å². The van der Waals surface area contributed by atoms with Crippen LogP contribution in [0.15, 0.2) is 0 Å². The Balaban J connectivity index is 1.53. The maximum absolute atomic E-state index is 12.9. The van der Waals surface area contributed by atoms with E-state index in [0.717, 1.165) is 30.1 Å². The minimum atomic E-state index is -0.859. The standard InChI is InChI=1S/C28H48O2/c1-18(2)19(3)24(29)17-28(6,30)25-13-12-22-21-11-10-20-9-7-8-15-26(20,4)23(21)14-16-27(22,25)5/h18-23,25,30H,7-17H2,1-6H3/t19?,20?,21-,22-,23-,25-,26-,27-,28-/m0/s1. The maximum atomic E-state index is 12.9. The number of aliphatic hydroxyl groups is 1. The normalized spacial score (nSPS) is 46.5. The highest BCUT2D eigenvalue weighted by Crippen LogP contribution is 2.68. The molecular weight excluding hydrogens is 368 g/mol. The summed E-state index contributed by atoms with van der Waals surface area (Å²) in [5.74, 6) is 4.40. The van der Waals surface area contributed by atoms with Crippen LogP contribution < -0.4 is 0 Å². The molecule has 172 valence electrons. The summed E-state index contributed by atoms with van der Waals surface area (Å²) in [5.41, 5.74) is -0.0713. The second-order valence-corrected chi connectivity index (χ2v) is 13.1. The van der Waals surface area contributed by atoms with E-state index in [9.17, 15) is 9.90 Å². The predicted molar refractivity (Wildman–Crippen MR) is 124 cm³/mol. The highest BCUT2D eigenvalue weighted by Gasteiger charge is 2.62. The van der Waals surface area contributed by atoms with E-state index in [4.69, 9.17) is 0 Å². The van der Waals surface area contributed by atoms with Gasteiger partial charge in [-0.2, -0.15) is 0 Å². The van der Waals surface area contributed by atoms with Crippen LogP contribution in [-0.4, -0.2) is 16.5 Å². The molecule has 0 amide bonds. The summed E-state index contributed by atoms with van der Waals surface area (Å²) in [4.78, 5) is 12.9. The summed E-state index contributed by atoms with van der Waals surface area (Å²) in [7, 11) is 0. The van der Waals surface area contributed by atoms with Gasteiger partial charge in [-0.3, -0.25) is 4.79 Å². The van der Waals surface area contributed by atoms with Crippen molar-refractivity contribution in [2.45, 2.75) is 118 Å². The molecule has 9 atom stereocenters. The van der Waals surface area contributed by atoms with Crippen LogP contribution in [-0.2, 0) is 4.79 Å². The number of rotatable bonds is 5. The van der Waals surface area contributed by atoms with Crippen molar-refractivity contribution in [1.82, 2.24) is 0 Å². The lowest BCUT2D eigenvalue weighted by Gasteiger charge is -2.61. The minimum Gasteiger partial charge on any atom is -0.389 e. The van der Waals surface area contributed by atoms with E-state index in [2.05, 4.69) is 27.7 Å². The van der Waals surface area contributed by atoms with E-state index in [1.165, 1.54) is 57.8 Å². The molecule has 4 aliphatic carbocycles. The Morgan fingerprint density at radius 3 is 2.33 bits per heavy atom. The number of carbonyl (C=O) groups is 1. The van der Waals surface area contributed by atoms with Gasteiger partial charge in [0, 0.05) is 12.3 Å². The average Bonchev–Trinajstić information content (AvgIpc) is 3.04. The van der Waals surface area contributed by atoms with Crippen LogP contribution >= 0.6 is 0 Å². The van der Waals surface area contributed by atoms with Gasteiger partial charge in [-0.15, -0.1) is 0 Å². The molecule has 0 aliphatic heterocycles. The lowest BCUT2D eigenvalue weighted by Crippen LogP contribution is -2.55. The zero-order valence-corrected chi connectivity index (χ0v) is 20.7.